The van der Waals surface area contributed by atoms with E-state index in [1.165, 1.54) is 18.2 Å². The number of esters is 1. The highest BCUT2D eigenvalue weighted by Crippen LogP contribution is 2.06. The van der Waals surface area contributed by atoms with Crippen LogP contribution in [0, 0.1) is 5.92 Å². The average Bonchev–Trinajstić information content (AvgIpc) is 2.25. The number of carbonyl (C=O) groups excluding carboxylic acids is 1. The lowest BCUT2D eigenvalue weighted by molar-refractivity contribution is 0.0451. The summed E-state index contributed by atoms with van der Waals surface area (Å²) in [5.74, 6) is -0.468. The van der Waals surface area contributed by atoms with Gasteiger partial charge < -0.3 is 4.74 Å². The van der Waals surface area contributed by atoms with Gasteiger partial charge in [0.25, 0.3) is 10.0 Å². The summed E-state index contributed by atoms with van der Waals surface area (Å²) in [6.45, 7) is 4.03. The van der Waals surface area contributed by atoms with Crippen molar-refractivity contribution in [3.63, 3.8) is 0 Å². The zero-order valence-electron chi connectivity index (χ0n) is 9.58. The summed E-state index contributed by atoms with van der Waals surface area (Å²) >= 11 is 0. The van der Waals surface area contributed by atoms with Crippen molar-refractivity contribution in [2.45, 2.75) is 18.9 Å². The Morgan fingerprint density at radius 1 is 1.47 bits per heavy atom. The van der Waals surface area contributed by atoms with E-state index in [2.05, 4.69) is 4.98 Å². The zero-order chi connectivity index (χ0) is 13.1. The van der Waals surface area contributed by atoms with Crippen molar-refractivity contribution in [1.29, 1.82) is 0 Å². The van der Waals surface area contributed by atoms with Gasteiger partial charge >= 0.3 is 5.97 Å². The quantitative estimate of drug-likeness (QED) is 0.795. The Morgan fingerprint density at radius 3 is 2.65 bits per heavy atom. The zero-order valence-corrected chi connectivity index (χ0v) is 10.4. The number of rotatable bonds is 4. The van der Waals surface area contributed by atoms with E-state index >= 15 is 0 Å². The molecule has 7 heteroatoms. The van der Waals surface area contributed by atoms with Crippen LogP contribution in [0.4, 0.5) is 0 Å². The number of sulfonamides is 1. The Kier molecular flexibility index (Phi) is 4.19. The molecule has 0 saturated carbocycles. The van der Waals surface area contributed by atoms with Crippen molar-refractivity contribution in [1.82, 2.24) is 4.98 Å². The molecule has 0 bridgehead atoms. The standard InChI is InChI=1S/C10H14N2O4S/c1-7(2)6-16-10(13)8-4-3-5-9(12-8)17(11,14)15/h3-5,7H,6H2,1-2H3,(H2,11,14,15). The van der Waals surface area contributed by atoms with Crippen LogP contribution in [0.15, 0.2) is 23.2 Å². The summed E-state index contributed by atoms with van der Waals surface area (Å²) in [5, 5.41) is 4.56. The van der Waals surface area contributed by atoms with Gasteiger partial charge in [0.1, 0.15) is 5.69 Å². The monoisotopic (exact) mass is 258 g/mol. The third-order valence-corrected chi connectivity index (χ3v) is 2.58. The van der Waals surface area contributed by atoms with Crippen LogP contribution >= 0.6 is 0 Å². The van der Waals surface area contributed by atoms with Gasteiger partial charge in [0, 0.05) is 0 Å². The number of ether oxygens (including phenoxy) is 1. The van der Waals surface area contributed by atoms with Crippen LogP contribution in [0.1, 0.15) is 24.3 Å². The molecule has 0 fully saturated rings. The molecular weight excluding hydrogens is 244 g/mol. The first kappa shape index (κ1) is 13.6. The van der Waals surface area contributed by atoms with Crippen molar-refractivity contribution in [2.75, 3.05) is 6.61 Å². The second-order valence-corrected chi connectivity index (χ2v) is 5.41. The second kappa shape index (κ2) is 5.24. The molecular formula is C10H14N2O4S. The first-order chi connectivity index (χ1) is 7.80. The third kappa shape index (κ3) is 4.12. The summed E-state index contributed by atoms with van der Waals surface area (Å²) in [7, 11) is -3.91. The molecule has 0 aliphatic carbocycles. The number of hydrogen-bond acceptors (Lipinski definition) is 5. The van der Waals surface area contributed by atoms with Crippen molar-refractivity contribution in [3.8, 4) is 0 Å². The number of nitrogens with zero attached hydrogens (tertiary/aromatic N) is 1. The summed E-state index contributed by atoms with van der Waals surface area (Å²) in [6.07, 6.45) is 0. The van der Waals surface area contributed by atoms with E-state index in [4.69, 9.17) is 9.88 Å². The highest BCUT2D eigenvalue weighted by molar-refractivity contribution is 7.89. The predicted octanol–water partition coefficient (Wildman–Crippen LogP) is 0.542. The first-order valence-corrected chi connectivity index (χ1v) is 6.52. The molecule has 0 saturated heterocycles. The van der Waals surface area contributed by atoms with Crippen molar-refractivity contribution in [2.24, 2.45) is 11.1 Å². The minimum absolute atomic E-state index is 0.0721. The summed E-state index contributed by atoms with van der Waals surface area (Å²) in [5.41, 5.74) is -0.0721. The number of aromatic nitrogens is 1. The lowest BCUT2D eigenvalue weighted by atomic mass is 10.2. The van der Waals surface area contributed by atoms with Crippen LogP contribution in [0.25, 0.3) is 0 Å². The maximum atomic E-state index is 11.5. The van der Waals surface area contributed by atoms with E-state index in [1.807, 2.05) is 13.8 Å². The van der Waals surface area contributed by atoms with Gasteiger partial charge in [-0.3, -0.25) is 0 Å². The van der Waals surface area contributed by atoms with Gasteiger partial charge in [-0.25, -0.2) is 23.3 Å². The van der Waals surface area contributed by atoms with Crippen LogP contribution in [0.3, 0.4) is 0 Å². The molecule has 6 nitrogen and oxygen atoms in total. The summed E-state index contributed by atoms with van der Waals surface area (Å²) < 4.78 is 27.0. The molecule has 0 aliphatic heterocycles. The molecule has 2 N–H and O–H groups in total. The van der Waals surface area contributed by atoms with E-state index in [0.29, 0.717) is 0 Å². The van der Waals surface area contributed by atoms with E-state index in [-0.39, 0.29) is 23.2 Å². The van der Waals surface area contributed by atoms with E-state index in [0.717, 1.165) is 0 Å². The van der Waals surface area contributed by atoms with Gasteiger partial charge in [0.05, 0.1) is 6.61 Å². The second-order valence-electron chi connectivity index (χ2n) is 3.90. The molecule has 1 heterocycles. The maximum absolute atomic E-state index is 11.5. The molecule has 94 valence electrons. The van der Waals surface area contributed by atoms with Crippen LogP contribution in [-0.4, -0.2) is 26.0 Å². The number of hydrogen-bond donors (Lipinski definition) is 1. The Hall–Kier alpha value is -1.47. The lowest BCUT2D eigenvalue weighted by Gasteiger charge is -2.06. The van der Waals surface area contributed by atoms with Crippen LogP contribution in [-0.2, 0) is 14.8 Å². The predicted molar refractivity (Wildman–Crippen MR) is 60.7 cm³/mol. The molecule has 0 amide bonds. The molecule has 17 heavy (non-hydrogen) atoms. The lowest BCUT2D eigenvalue weighted by Crippen LogP contribution is -2.17. The molecule has 1 aromatic heterocycles. The fourth-order valence-electron chi connectivity index (χ4n) is 1.00. The van der Waals surface area contributed by atoms with Gasteiger partial charge in [-0.1, -0.05) is 19.9 Å². The Labute approximate surface area is 99.9 Å². The number of carbonyl (C=O) groups is 1. The minimum Gasteiger partial charge on any atom is -0.461 e. The van der Waals surface area contributed by atoms with Crippen molar-refractivity contribution >= 4 is 16.0 Å². The van der Waals surface area contributed by atoms with Gasteiger partial charge in [0.15, 0.2) is 5.03 Å². The Balaban J connectivity index is 2.89. The topological polar surface area (TPSA) is 99.4 Å². The highest BCUT2D eigenvalue weighted by Gasteiger charge is 2.15. The van der Waals surface area contributed by atoms with Crippen molar-refractivity contribution < 1.29 is 17.9 Å². The van der Waals surface area contributed by atoms with Crippen LogP contribution in [0.5, 0.6) is 0 Å². The summed E-state index contributed by atoms with van der Waals surface area (Å²) in [6, 6.07) is 3.98. The fraction of sp³-hybridized carbons (Fsp3) is 0.400. The molecule has 0 atom stereocenters. The summed E-state index contributed by atoms with van der Waals surface area (Å²) in [4.78, 5) is 15.1. The molecule has 0 unspecified atom stereocenters. The largest absolute Gasteiger partial charge is 0.461 e. The number of pyridine rings is 1. The molecule has 0 aromatic carbocycles. The minimum atomic E-state index is -3.91. The van der Waals surface area contributed by atoms with Crippen molar-refractivity contribution in [3.05, 3.63) is 23.9 Å². The van der Waals surface area contributed by atoms with E-state index in [9.17, 15) is 13.2 Å². The van der Waals surface area contributed by atoms with Gasteiger partial charge in [-0.15, -0.1) is 0 Å². The Bertz CT molecular complexity index is 511. The maximum Gasteiger partial charge on any atom is 0.356 e. The first-order valence-electron chi connectivity index (χ1n) is 4.97. The fourth-order valence-corrected chi connectivity index (χ4v) is 1.50. The normalized spacial score (nSPS) is 11.5. The third-order valence-electron chi connectivity index (χ3n) is 1.77. The van der Waals surface area contributed by atoms with Crippen LogP contribution in [0.2, 0.25) is 0 Å². The molecule has 1 rings (SSSR count). The van der Waals surface area contributed by atoms with E-state index < -0.39 is 16.0 Å². The Morgan fingerprint density at radius 2 is 2.12 bits per heavy atom. The molecule has 0 radical (unpaired) electrons. The molecule has 0 aliphatic rings. The SMILES string of the molecule is CC(C)COC(=O)c1cccc(S(N)(=O)=O)n1. The smallest absolute Gasteiger partial charge is 0.356 e. The number of primary sulfonamides is 1. The molecule has 1 aromatic rings. The molecule has 0 spiro atoms. The van der Waals surface area contributed by atoms with Gasteiger partial charge in [-0.05, 0) is 18.1 Å². The van der Waals surface area contributed by atoms with Crippen LogP contribution < -0.4 is 5.14 Å². The number of nitrogens with two attached hydrogens (primary N) is 1. The van der Waals surface area contributed by atoms with Gasteiger partial charge in [0.2, 0.25) is 0 Å². The highest BCUT2D eigenvalue weighted by atomic mass is 32.2. The van der Waals surface area contributed by atoms with E-state index in [1.54, 1.807) is 0 Å². The van der Waals surface area contributed by atoms with Gasteiger partial charge in [-0.2, -0.15) is 0 Å². The average molecular weight is 258 g/mol.